The number of carbonyl (C=O) groups excluding carboxylic acids is 3. The molecule has 3 rings (SSSR count). The van der Waals surface area contributed by atoms with E-state index in [0.717, 1.165) is 16.1 Å². The molecule has 0 atom stereocenters. The molecule has 0 aliphatic rings. The number of ether oxygens (including phenoxy) is 2. The van der Waals surface area contributed by atoms with Gasteiger partial charge in [0.05, 0.1) is 6.54 Å². The lowest BCUT2D eigenvalue weighted by Crippen LogP contribution is -2.47. The first-order valence-electron chi connectivity index (χ1n) is 11.7. The first-order chi connectivity index (χ1) is 17.3. The second-order valence-corrected chi connectivity index (χ2v) is 8.49. The first-order valence-corrected chi connectivity index (χ1v) is 11.7. The Morgan fingerprint density at radius 2 is 1.22 bits per heavy atom. The van der Waals surface area contributed by atoms with Gasteiger partial charge in [-0.1, -0.05) is 72.8 Å². The highest BCUT2D eigenvalue weighted by molar-refractivity contribution is 5.94. The summed E-state index contributed by atoms with van der Waals surface area (Å²) in [5.74, 6) is -0.183. The average Bonchev–Trinajstić information content (AvgIpc) is 2.89. The van der Waals surface area contributed by atoms with Crippen LogP contribution in [0.5, 0.6) is 0 Å². The zero-order valence-corrected chi connectivity index (χ0v) is 20.7. The first kappa shape index (κ1) is 26.3. The molecule has 3 amide bonds. The van der Waals surface area contributed by atoms with Crippen molar-refractivity contribution in [2.45, 2.75) is 39.6 Å². The molecule has 0 saturated carbocycles. The van der Waals surface area contributed by atoms with E-state index in [0.29, 0.717) is 11.1 Å². The van der Waals surface area contributed by atoms with E-state index < -0.39 is 12.2 Å². The molecule has 0 bridgehead atoms. The summed E-state index contributed by atoms with van der Waals surface area (Å²) in [6.45, 7) is 3.93. The van der Waals surface area contributed by atoms with Gasteiger partial charge in [0.15, 0.2) is 0 Å². The molecular weight excluding hydrogens is 458 g/mol. The standard InChI is InChI=1S/C28H31N3O5/c1-21(2)29-26(32)25-16-14-22(15-17-25)18-31(28(34)36-20-24-12-8-5-9-13-24)30(3)27(33)35-19-23-10-6-4-7-11-23/h4-17,21H,18-20H2,1-3H3,(H,29,32). The van der Waals surface area contributed by atoms with E-state index in [2.05, 4.69) is 5.32 Å². The molecule has 0 aliphatic carbocycles. The van der Waals surface area contributed by atoms with Crippen molar-refractivity contribution in [2.75, 3.05) is 7.05 Å². The Kier molecular flexibility index (Phi) is 9.45. The topological polar surface area (TPSA) is 88.2 Å². The third kappa shape index (κ3) is 7.87. The molecule has 0 fully saturated rings. The average molecular weight is 490 g/mol. The molecule has 3 aromatic rings. The van der Waals surface area contributed by atoms with Gasteiger partial charge in [0, 0.05) is 18.7 Å². The highest BCUT2D eigenvalue weighted by Crippen LogP contribution is 2.14. The van der Waals surface area contributed by atoms with Crippen LogP contribution in [0.2, 0.25) is 0 Å². The zero-order valence-electron chi connectivity index (χ0n) is 20.7. The maximum atomic E-state index is 13.0. The molecule has 0 aromatic heterocycles. The number of carbonyl (C=O) groups is 3. The summed E-state index contributed by atoms with van der Waals surface area (Å²) in [5.41, 5.74) is 2.85. The van der Waals surface area contributed by atoms with E-state index in [1.807, 2.05) is 74.5 Å². The Labute approximate surface area is 211 Å². The fourth-order valence-corrected chi connectivity index (χ4v) is 3.28. The smallest absolute Gasteiger partial charge is 0.429 e. The minimum Gasteiger partial charge on any atom is -0.443 e. The van der Waals surface area contributed by atoms with E-state index in [1.165, 1.54) is 12.1 Å². The number of nitrogens with one attached hydrogen (secondary N) is 1. The SMILES string of the molecule is CC(C)NC(=O)c1ccc(CN(C(=O)OCc2ccccc2)N(C)C(=O)OCc2ccccc2)cc1. The molecule has 1 N–H and O–H groups in total. The highest BCUT2D eigenvalue weighted by atomic mass is 16.6. The molecule has 0 saturated heterocycles. The predicted octanol–water partition coefficient (Wildman–Crippen LogP) is 5.15. The van der Waals surface area contributed by atoms with Gasteiger partial charge in [-0.3, -0.25) is 4.79 Å². The number of rotatable bonds is 8. The lowest BCUT2D eigenvalue weighted by atomic mass is 10.1. The van der Waals surface area contributed by atoms with Gasteiger partial charge in [0.1, 0.15) is 13.2 Å². The largest absolute Gasteiger partial charge is 0.443 e. The van der Waals surface area contributed by atoms with Crippen LogP contribution in [0.4, 0.5) is 9.59 Å². The van der Waals surface area contributed by atoms with Crippen LogP contribution in [-0.4, -0.2) is 41.2 Å². The van der Waals surface area contributed by atoms with Gasteiger partial charge in [-0.15, -0.1) is 0 Å². The number of hydrogen-bond donors (Lipinski definition) is 1. The van der Waals surface area contributed by atoms with Crippen LogP contribution in [0, 0.1) is 0 Å². The van der Waals surface area contributed by atoms with Crippen molar-refractivity contribution in [2.24, 2.45) is 0 Å². The molecule has 8 nitrogen and oxygen atoms in total. The molecule has 0 unspecified atom stereocenters. The maximum Gasteiger partial charge on any atom is 0.429 e. The fourth-order valence-electron chi connectivity index (χ4n) is 3.28. The van der Waals surface area contributed by atoms with E-state index in [1.54, 1.807) is 24.3 Å². The van der Waals surface area contributed by atoms with Crippen molar-refractivity contribution in [1.82, 2.24) is 15.3 Å². The molecule has 0 aliphatic heterocycles. The number of amides is 3. The van der Waals surface area contributed by atoms with E-state index in [9.17, 15) is 14.4 Å². The van der Waals surface area contributed by atoms with Crippen LogP contribution in [0.3, 0.4) is 0 Å². The molecular formula is C28H31N3O5. The van der Waals surface area contributed by atoms with Gasteiger partial charge in [-0.25, -0.2) is 19.6 Å². The minimum atomic E-state index is -0.709. The van der Waals surface area contributed by atoms with Gasteiger partial charge in [-0.2, -0.15) is 0 Å². The summed E-state index contributed by atoms with van der Waals surface area (Å²) in [5, 5.41) is 5.10. The molecule has 3 aromatic carbocycles. The van der Waals surface area contributed by atoms with E-state index in [-0.39, 0.29) is 31.7 Å². The molecule has 0 spiro atoms. The van der Waals surface area contributed by atoms with Crippen molar-refractivity contribution in [3.8, 4) is 0 Å². The van der Waals surface area contributed by atoms with Crippen molar-refractivity contribution >= 4 is 18.1 Å². The van der Waals surface area contributed by atoms with Crippen molar-refractivity contribution < 1.29 is 23.9 Å². The quantitative estimate of drug-likeness (QED) is 0.442. The Morgan fingerprint density at radius 3 is 1.72 bits per heavy atom. The third-order valence-corrected chi connectivity index (χ3v) is 5.22. The number of benzene rings is 3. The van der Waals surface area contributed by atoms with Gasteiger partial charge >= 0.3 is 12.2 Å². The van der Waals surface area contributed by atoms with Gasteiger partial charge in [0.2, 0.25) is 0 Å². The van der Waals surface area contributed by atoms with Crippen LogP contribution < -0.4 is 5.32 Å². The number of nitrogens with zero attached hydrogens (tertiary/aromatic N) is 2. The lowest BCUT2D eigenvalue weighted by molar-refractivity contribution is -0.0167. The van der Waals surface area contributed by atoms with Gasteiger partial charge < -0.3 is 14.8 Å². The van der Waals surface area contributed by atoms with Crippen LogP contribution in [0.25, 0.3) is 0 Å². The molecule has 36 heavy (non-hydrogen) atoms. The van der Waals surface area contributed by atoms with Crippen molar-refractivity contribution in [3.63, 3.8) is 0 Å². The van der Waals surface area contributed by atoms with Crippen LogP contribution in [-0.2, 0) is 29.2 Å². The summed E-state index contributed by atoms with van der Waals surface area (Å²) < 4.78 is 10.9. The monoisotopic (exact) mass is 489 g/mol. The van der Waals surface area contributed by atoms with E-state index in [4.69, 9.17) is 9.47 Å². The molecule has 8 heteroatoms. The van der Waals surface area contributed by atoms with Gasteiger partial charge in [-0.05, 0) is 42.7 Å². The maximum absolute atomic E-state index is 13.0. The number of hydrazine groups is 1. The second kappa shape index (κ2) is 12.9. The van der Waals surface area contributed by atoms with Crippen molar-refractivity contribution in [1.29, 1.82) is 0 Å². The third-order valence-electron chi connectivity index (χ3n) is 5.22. The highest BCUT2D eigenvalue weighted by Gasteiger charge is 2.26. The Hall–Kier alpha value is -4.33. The minimum absolute atomic E-state index is 0.0163. The fraction of sp³-hybridized carbons (Fsp3) is 0.250. The summed E-state index contributed by atoms with van der Waals surface area (Å²) >= 11 is 0. The van der Waals surface area contributed by atoms with Gasteiger partial charge in [0.25, 0.3) is 5.91 Å². The van der Waals surface area contributed by atoms with Crippen LogP contribution in [0.15, 0.2) is 84.9 Å². The normalized spacial score (nSPS) is 10.4. The molecule has 0 heterocycles. The van der Waals surface area contributed by atoms with E-state index >= 15 is 0 Å². The van der Waals surface area contributed by atoms with Crippen LogP contribution >= 0.6 is 0 Å². The second-order valence-electron chi connectivity index (χ2n) is 8.49. The van der Waals surface area contributed by atoms with Crippen LogP contribution in [0.1, 0.15) is 40.9 Å². The molecule has 188 valence electrons. The lowest BCUT2D eigenvalue weighted by Gasteiger charge is -2.30. The Morgan fingerprint density at radius 1 is 0.722 bits per heavy atom. The summed E-state index contributed by atoms with van der Waals surface area (Å²) in [6, 6.07) is 25.4. The Bertz CT molecular complexity index is 1130. The number of hydrogen-bond acceptors (Lipinski definition) is 5. The predicted molar refractivity (Wildman–Crippen MR) is 136 cm³/mol. The summed E-state index contributed by atoms with van der Waals surface area (Å²) in [4.78, 5) is 38.0. The Balaban J connectivity index is 1.71. The zero-order chi connectivity index (χ0) is 25.9. The summed E-state index contributed by atoms with van der Waals surface area (Å²) in [7, 11) is 1.45. The molecule has 0 radical (unpaired) electrons. The van der Waals surface area contributed by atoms with Crippen molar-refractivity contribution in [3.05, 3.63) is 107 Å². The summed E-state index contributed by atoms with van der Waals surface area (Å²) in [6.07, 6.45) is -1.41.